The van der Waals surface area contributed by atoms with Gasteiger partial charge in [0.2, 0.25) is 10.0 Å². The van der Waals surface area contributed by atoms with E-state index >= 15 is 0 Å². The van der Waals surface area contributed by atoms with Crippen molar-refractivity contribution in [2.24, 2.45) is 5.92 Å². The number of sulfonamides is 1. The van der Waals surface area contributed by atoms with E-state index in [9.17, 15) is 13.5 Å². The maximum atomic E-state index is 12.9. The minimum absolute atomic E-state index is 0.0524. The highest BCUT2D eigenvalue weighted by atomic mass is 32.2. The lowest BCUT2D eigenvalue weighted by Crippen LogP contribution is -2.30. The van der Waals surface area contributed by atoms with E-state index in [1.54, 1.807) is 0 Å². The predicted molar refractivity (Wildman–Crippen MR) is 79.3 cm³/mol. The van der Waals surface area contributed by atoms with E-state index in [0.29, 0.717) is 18.0 Å². The summed E-state index contributed by atoms with van der Waals surface area (Å²) < 4.78 is 27.3. The molecule has 1 atom stereocenters. The molecule has 0 aromatic heterocycles. The van der Waals surface area contributed by atoms with E-state index < -0.39 is 10.0 Å². The zero-order chi connectivity index (χ0) is 15.1. The van der Waals surface area contributed by atoms with Crippen molar-refractivity contribution < 1.29 is 13.5 Å². The first-order chi connectivity index (χ1) is 9.28. The number of nitrogens with zero attached hydrogens (tertiary/aromatic N) is 1. The highest BCUT2D eigenvalue weighted by Gasteiger charge is 2.34. The molecule has 112 valence electrons. The average molecular weight is 297 g/mol. The molecule has 1 saturated heterocycles. The second-order valence-electron chi connectivity index (χ2n) is 5.79. The molecule has 20 heavy (non-hydrogen) atoms. The van der Waals surface area contributed by atoms with Gasteiger partial charge in [-0.1, -0.05) is 6.07 Å². The smallest absolute Gasteiger partial charge is 0.243 e. The summed E-state index contributed by atoms with van der Waals surface area (Å²) in [6.07, 6.45) is 0.735. The summed E-state index contributed by atoms with van der Waals surface area (Å²) in [7, 11) is -3.47. The first kappa shape index (κ1) is 15.5. The Bertz CT molecular complexity index is 596. The van der Waals surface area contributed by atoms with E-state index in [-0.39, 0.29) is 12.5 Å². The molecule has 5 heteroatoms. The van der Waals surface area contributed by atoms with Gasteiger partial charge in [-0.15, -0.1) is 0 Å². The topological polar surface area (TPSA) is 57.6 Å². The molecule has 1 aromatic rings. The molecule has 1 heterocycles. The van der Waals surface area contributed by atoms with Crippen molar-refractivity contribution in [2.75, 3.05) is 19.7 Å². The maximum absolute atomic E-state index is 12.9. The van der Waals surface area contributed by atoms with Crippen molar-refractivity contribution in [2.45, 2.75) is 39.0 Å². The van der Waals surface area contributed by atoms with Crippen molar-refractivity contribution in [1.82, 2.24) is 4.31 Å². The Morgan fingerprint density at radius 2 is 1.75 bits per heavy atom. The van der Waals surface area contributed by atoms with E-state index in [2.05, 4.69) is 0 Å². The van der Waals surface area contributed by atoms with Crippen molar-refractivity contribution in [3.05, 3.63) is 28.3 Å². The SMILES string of the molecule is Cc1cc(C)c(C)c(S(=O)(=O)N2CCC(CO)C2)c1C. The number of aliphatic hydroxyl groups is 1. The third-order valence-corrected chi connectivity index (χ3v) is 6.54. The summed E-state index contributed by atoms with van der Waals surface area (Å²) in [5, 5.41) is 9.20. The molecule has 1 aromatic carbocycles. The van der Waals surface area contributed by atoms with Crippen LogP contribution in [0.4, 0.5) is 0 Å². The van der Waals surface area contributed by atoms with Crippen LogP contribution in [0.5, 0.6) is 0 Å². The standard InChI is InChI=1S/C15H23NO3S/c1-10-7-11(2)13(4)15(12(10)3)20(18,19)16-6-5-14(8-16)9-17/h7,14,17H,5-6,8-9H2,1-4H3. The van der Waals surface area contributed by atoms with Crippen molar-refractivity contribution >= 4 is 10.0 Å². The first-order valence-corrected chi connectivity index (χ1v) is 8.41. The molecule has 4 nitrogen and oxygen atoms in total. The Morgan fingerprint density at radius 3 is 2.20 bits per heavy atom. The van der Waals surface area contributed by atoms with Gasteiger partial charge in [0.05, 0.1) is 4.90 Å². The molecule has 0 bridgehead atoms. The first-order valence-electron chi connectivity index (χ1n) is 6.97. The normalized spacial score (nSPS) is 20.6. The van der Waals surface area contributed by atoms with Crippen LogP contribution in [0.1, 0.15) is 28.7 Å². The summed E-state index contributed by atoms with van der Waals surface area (Å²) in [6.45, 7) is 8.60. The molecule has 1 aliphatic rings. The summed E-state index contributed by atoms with van der Waals surface area (Å²) in [4.78, 5) is 0.452. The Morgan fingerprint density at radius 1 is 1.20 bits per heavy atom. The van der Waals surface area contributed by atoms with Gasteiger partial charge in [-0.3, -0.25) is 0 Å². The van der Waals surface area contributed by atoms with Gasteiger partial charge in [-0.05, 0) is 62.3 Å². The van der Waals surface area contributed by atoms with Gasteiger partial charge in [0.15, 0.2) is 0 Å². The number of rotatable bonds is 3. The summed E-state index contributed by atoms with van der Waals surface area (Å²) in [5.41, 5.74) is 3.68. The van der Waals surface area contributed by atoms with Crippen LogP contribution in [-0.2, 0) is 10.0 Å². The minimum Gasteiger partial charge on any atom is -0.396 e. The van der Waals surface area contributed by atoms with Gasteiger partial charge < -0.3 is 5.11 Å². The summed E-state index contributed by atoms with van der Waals surface area (Å²) in [6, 6.07) is 2.03. The molecule has 1 aliphatic heterocycles. The van der Waals surface area contributed by atoms with E-state index in [1.165, 1.54) is 4.31 Å². The minimum atomic E-state index is -3.47. The van der Waals surface area contributed by atoms with E-state index in [1.807, 2.05) is 33.8 Å². The molecule has 0 radical (unpaired) electrons. The molecule has 0 aliphatic carbocycles. The Hall–Kier alpha value is -0.910. The third-order valence-electron chi connectivity index (χ3n) is 4.40. The second kappa shape index (κ2) is 5.47. The monoisotopic (exact) mass is 297 g/mol. The molecule has 1 unspecified atom stereocenters. The van der Waals surface area contributed by atoms with E-state index in [4.69, 9.17) is 0 Å². The highest BCUT2D eigenvalue weighted by molar-refractivity contribution is 7.89. The molecular weight excluding hydrogens is 274 g/mol. The molecule has 1 fully saturated rings. The molecule has 2 rings (SSSR count). The van der Waals surface area contributed by atoms with Gasteiger partial charge >= 0.3 is 0 Å². The number of hydrogen-bond acceptors (Lipinski definition) is 3. The van der Waals surface area contributed by atoms with Crippen LogP contribution in [0.15, 0.2) is 11.0 Å². The van der Waals surface area contributed by atoms with Gasteiger partial charge in [0.25, 0.3) is 0 Å². The highest BCUT2D eigenvalue weighted by Crippen LogP contribution is 2.31. The number of aryl methyl sites for hydroxylation is 2. The van der Waals surface area contributed by atoms with Gasteiger partial charge in [-0.25, -0.2) is 8.42 Å². The van der Waals surface area contributed by atoms with E-state index in [0.717, 1.165) is 28.7 Å². The zero-order valence-electron chi connectivity index (χ0n) is 12.6. The lowest BCUT2D eigenvalue weighted by atomic mass is 10.0. The Labute approximate surface area is 121 Å². The quantitative estimate of drug-likeness (QED) is 0.927. The number of benzene rings is 1. The average Bonchev–Trinajstić information content (AvgIpc) is 2.86. The fourth-order valence-electron chi connectivity index (χ4n) is 2.86. The van der Waals surface area contributed by atoms with Crippen LogP contribution in [0.25, 0.3) is 0 Å². The van der Waals surface area contributed by atoms with Crippen LogP contribution in [-0.4, -0.2) is 37.5 Å². The summed E-state index contributed by atoms with van der Waals surface area (Å²) in [5.74, 6) is 0.0660. The van der Waals surface area contributed by atoms with Crippen molar-refractivity contribution in [1.29, 1.82) is 0 Å². The maximum Gasteiger partial charge on any atom is 0.243 e. The lowest BCUT2D eigenvalue weighted by Gasteiger charge is -2.21. The molecular formula is C15H23NO3S. The third kappa shape index (κ3) is 2.50. The van der Waals surface area contributed by atoms with Gasteiger partial charge in [0, 0.05) is 19.7 Å². The second-order valence-corrected chi connectivity index (χ2v) is 7.66. The van der Waals surface area contributed by atoms with Crippen LogP contribution < -0.4 is 0 Å². The number of hydrogen-bond donors (Lipinski definition) is 1. The zero-order valence-corrected chi connectivity index (χ0v) is 13.4. The van der Waals surface area contributed by atoms with Crippen LogP contribution in [0.3, 0.4) is 0 Å². The van der Waals surface area contributed by atoms with Crippen LogP contribution in [0, 0.1) is 33.6 Å². The molecule has 0 saturated carbocycles. The molecule has 0 amide bonds. The largest absolute Gasteiger partial charge is 0.396 e. The summed E-state index contributed by atoms with van der Waals surface area (Å²) >= 11 is 0. The predicted octanol–water partition coefficient (Wildman–Crippen LogP) is 1.92. The van der Waals surface area contributed by atoms with Crippen molar-refractivity contribution in [3.8, 4) is 0 Å². The molecule has 0 spiro atoms. The Kier molecular flexibility index (Phi) is 4.23. The Balaban J connectivity index is 2.51. The van der Waals surface area contributed by atoms with Gasteiger partial charge in [0.1, 0.15) is 0 Å². The number of aliphatic hydroxyl groups excluding tert-OH is 1. The van der Waals surface area contributed by atoms with Crippen LogP contribution >= 0.6 is 0 Å². The van der Waals surface area contributed by atoms with Gasteiger partial charge in [-0.2, -0.15) is 4.31 Å². The lowest BCUT2D eigenvalue weighted by molar-refractivity contribution is 0.233. The van der Waals surface area contributed by atoms with Crippen LogP contribution in [0.2, 0.25) is 0 Å². The molecule has 1 N–H and O–H groups in total. The fourth-order valence-corrected chi connectivity index (χ4v) is 4.97. The van der Waals surface area contributed by atoms with Crippen molar-refractivity contribution in [3.63, 3.8) is 0 Å². The fraction of sp³-hybridized carbons (Fsp3) is 0.600.